The number of hydrogen-bond acceptors (Lipinski definition) is 5. The molecule has 1 heterocycles. The van der Waals surface area contributed by atoms with Gasteiger partial charge in [0.05, 0.1) is 6.21 Å². The molecule has 0 amide bonds. The van der Waals surface area contributed by atoms with Gasteiger partial charge in [0.1, 0.15) is 12.9 Å². The predicted octanol–water partition coefficient (Wildman–Crippen LogP) is 1.27. The molecule has 5 heteroatoms. The van der Waals surface area contributed by atoms with Gasteiger partial charge >= 0.3 is 0 Å². The monoisotopic (exact) mass is 213 g/mol. The molecule has 1 rings (SSSR count). The van der Waals surface area contributed by atoms with E-state index in [0.717, 1.165) is 19.4 Å². The maximum Gasteiger partial charge on any atom is 0.142 e. The summed E-state index contributed by atoms with van der Waals surface area (Å²) in [6.45, 7) is 3.43. The first-order valence-corrected chi connectivity index (χ1v) is 5.21. The molecule has 1 atom stereocenters. The Labute approximate surface area is 90.6 Å². The Balaban J connectivity index is 2.30. The standard InChI is InChI=1S/C10H19N3O2/c1-3-4-7-15-9-13-6-5-12(2)10(13)8-11-14/h5-6,8,10,14H,3-4,7,9H2,1-2H3/b11-8-. The van der Waals surface area contributed by atoms with Gasteiger partial charge in [-0.3, -0.25) is 0 Å². The summed E-state index contributed by atoms with van der Waals surface area (Å²) in [5.74, 6) is 0. The summed E-state index contributed by atoms with van der Waals surface area (Å²) in [7, 11) is 1.93. The van der Waals surface area contributed by atoms with Gasteiger partial charge in [0.15, 0.2) is 0 Å². The van der Waals surface area contributed by atoms with Crippen LogP contribution in [0.1, 0.15) is 19.8 Å². The highest BCUT2D eigenvalue weighted by atomic mass is 16.5. The van der Waals surface area contributed by atoms with Gasteiger partial charge in [-0.05, 0) is 6.42 Å². The number of ether oxygens (including phenoxy) is 1. The third-order valence-corrected chi connectivity index (χ3v) is 2.33. The fraction of sp³-hybridized carbons (Fsp3) is 0.700. The second-order valence-corrected chi connectivity index (χ2v) is 3.55. The summed E-state index contributed by atoms with van der Waals surface area (Å²) >= 11 is 0. The summed E-state index contributed by atoms with van der Waals surface area (Å²) in [5, 5.41) is 11.6. The summed E-state index contributed by atoms with van der Waals surface area (Å²) in [5.41, 5.74) is 0. The van der Waals surface area contributed by atoms with Crippen LogP contribution in [0.4, 0.5) is 0 Å². The van der Waals surface area contributed by atoms with Crippen molar-refractivity contribution in [3.05, 3.63) is 12.4 Å². The van der Waals surface area contributed by atoms with Gasteiger partial charge in [-0.1, -0.05) is 18.5 Å². The van der Waals surface area contributed by atoms with Crippen molar-refractivity contribution in [1.29, 1.82) is 0 Å². The molecule has 0 bridgehead atoms. The normalized spacial score (nSPS) is 20.8. The van der Waals surface area contributed by atoms with Crippen molar-refractivity contribution in [2.45, 2.75) is 25.9 Å². The topological polar surface area (TPSA) is 48.3 Å². The van der Waals surface area contributed by atoms with Crippen LogP contribution in [0.5, 0.6) is 0 Å². The molecule has 0 aromatic carbocycles. The van der Waals surface area contributed by atoms with Gasteiger partial charge < -0.3 is 19.7 Å². The Morgan fingerprint density at radius 1 is 1.53 bits per heavy atom. The van der Waals surface area contributed by atoms with Crippen molar-refractivity contribution in [2.24, 2.45) is 5.16 Å². The average Bonchev–Trinajstić information content (AvgIpc) is 2.57. The fourth-order valence-electron chi connectivity index (χ4n) is 1.39. The molecule has 1 N–H and O–H groups in total. The van der Waals surface area contributed by atoms with E-state index in [1.807, 2.05) is 29.2 Å². The molecule has 0 aromatic heterocycles. The van der Waals surface area contributed by atoms with E-state index in [1.165, 1.54) is 6.21 Å². The summed E-state index contributed by atoms with van der Waals surface area (Å²) in [6, 6.07) is 0. The van der Waals surface area contributed by atoms with Gasteiger partial charge in [0.25, 0.3) is 0 Å². The van der Waals surface area contributed by atoms with Crippen LogP contribution >= 0.6 is 0 Å². The molecule has 0 radical (unpaired) electrons. The Morgan fingerprint density at radius 3 is 3.00 bits per heavy atom. The molecule has 0 saturated heterocycles. The molecular weight excluding hydrogens is 194 g/mol. The lowest BCUT2D eigenvalue weighted by atomic mass is 10.4. The minimum Gasteiger partial charge on any atom is -0.411 e. The van der Waals surface area contributed by atoms with Crippen LogP contribution in [-0.2, 0) is 4.74 Å². The average molecular weight is 213 g/mol. The van der Waals surface area contributed by atoms with Crippen LogP contribution in [0.25, 0.3) is 0 Å². The summed E-state index contributed by atoms with van der Waals surface area (Å²) in [6.07, 6.45) is 7.50. The molecule has 1 unspecified atom stereocenters. The molecule has 1 aliphatic heterocycles. The lowest BCUT2D eigenvalue weighted by Crippen LogP contribution is -2.39. The Kier molecular flexibility index (Phi) is 4.97. The van der Waals surface area contributed by atoms with Gasteiger partial charge in [0, 0.05) is 26.1 Å². The van der Waals surface area contributed by atoms with E-state index in [2.05, 4.69) is 12.1 Å². The molecule has 0 saturated carbocycles. The van der Waals surface area contributed by atoms with Gasteiger partial charge in [-0.2, -0.15) is 0 Å². The van der Waals surface area contributed by atoms with E-state index in [4.69, 9.17) is 9.94 Å². The summed E-state index contributed by atoms with van der Waals surface area (Å²) in [4.78, 5) is 3.91. The van der Waals surface area contributed by atoms with Crippen molar-refractivity contribution < 1.29 is 9.94 Å². The van der Waals surface area contributed by atoms with E-state index in [-0.39, 0.29) is 6.17 Å². The summed E-state index contributed by atoms with van der Waals surface area (Å²) < 4.78 is 5.49. The molecule has 15 heavy (non-hydrogen) atoms. The van der Waals surface area contributed by atoms with Crippen LogP contribution in [-0.4, -0.2) is 47.8 Å². The predicted molar refractivity (Wildman–Crippen MR) is 58.5 cm³/mol. The van der Waals surface area contributed by atoms with Gasteiger partial charge in [0.2, 0.25) is 0 Å². The van der Waals surface area contributed by atoms with Crippen LogP contribution in [0.2, 0.25) is 0 Å². The first-order valence-electron chi connectivity index (χ1n) is 5.21. The zero-order chi connectivity index (χ0) is 11.1. The highest BCUT2D eigenvalue weighted by Gasteiger charge is 2.21. The smallest absolute Gasteiger partial charge is 0.142 e. The zero-order valence-corrected chi connectivity index (χ0v) is 9.33. The maximum atomic E-state index is 8.52. The third kappa shape index (κ3) is 3.43. The second-order valence-electron chi connectivity index (χ2n) is 3.55. The molecule has 1 aliphatic rings. The third-order valence-electron chi connectivity index (χ3n) is 2.33. The largest absolute Gasteiger partial charge is 0.411 e. The Morgan fingerprint density at radius 2 is 2.33 bits per heavy atom. The number of oxime groups is 1. The van der Waals surface area contributed by atoms with Crippen molar-refractivity contribution in [3.8, 4) is 0 Å². The molecule has 5 nitrogen and oxygen atoms in total. The lowest BCUT2D eigenvalue weighted by molar-refractivity contribution is 0.0331. The first kappa shape index (κ1) is 11.8. The Bertz CT molecular complexity index is 231. The van der Waals surface area contributed by atoms with E-state index in [9.17, 15) is 0 Å². The molecule has 0 aromatic rings. The van der Waals surface area contributed by atoms with E-state index < -0.39 is 0 Å². The van der Waals surface area contributed by atoms with E-state index in [0.29, 0.717) is 6.73 Å². The van der Waals surface area contributed by atoms with Crippen molar-refractivity contribution >= 4 is 6.21 Å². The quantitative estimate of drug-likeness (QED) is 0.312. The van der Waals surface area contributed by atoms with Crippen LogP contribution in [0.15, 0.2) is 17.6 Å². The van der Waals surface area contributed by atoms with Crippen molar-refractivity contribution in [1.82, 2.24) is 9.80 Å². The molecule has 0 spiro atoms. The second kappa shape index (κ2) is 6.29. The minimum absolute atomic E-state index is 0.0448. The number of nitrogens with zero attached hydrogens (tertiary/aromatic N) is 3. The van der Waals surface area contributed by atoms with Gasteiger partial charge in [-0.25, -0.2) is 0 Å². The molecule has 0 aliphatic carbocycles. The Hall–Kier alpha value is -1.23. The molecular formula is C10H19N3O2. The first-order chi connectivity index (χ1) is 7.29. The van der Waals surface area contributed by atoms with Gasteiger partial charge in [-0.15, -0.1) is 0 Å². The highest BCUT2D eigenvalue weighted by Crippen LogP contribution is 2.11. The maximum absolute atomic E-state index is 8.52. The number of rotatable bonds is 6. The van der Waals surface area contributed by atoms with Crippen LogP contribution in [0.3, 0.4) is 0 Å². The van der Waals surface area contributed by atoms with Crippen molar-refractivity contribution in [3.63, 3.8) is 0 Å². The van der Waals surface area contributed by atoms with Crippen molar-refractivity contribution in [2.75, 3.05) is 20.4 Å². The number of hydrogen-bond donors (Lipinski definition) is 1. The zero-order valence-electron chi connectivity index (χ0n) is 9.33. The number of unbranched alkanes of at least 4 members (excludes halogenated alkanes) is 1. The SMILES string of the molecule is CCCCOCN1C=CN(C)C1/C=N\O. The molecule has 86 valence electrons. The highest BCUT2D eigenvalue weighted by molar-refractivity contribution is 5.64. The fourth-order valence-corrected chi connectivity index (χ4v) is 1.39. The van der Waals surface area contributed by atoms with E-state index >= 15 is 0 Å². The van der Waals surface area contributed by atoms with Crippen LogP contribution in [0, 0.1) is 0 Å². The van der Waals surface area contributed by atoms with E-state index in [1.54, 1.807) is 0 Å². The minimum atomic E-state index is -0.0448. The lowest BCUT2D eigenvalue weighted by Gasteiger charge is -2.26. The van der Waals surface area contributed by atoms with Crippen LogP contribution < -0.4 is 0 Å². The molecule has 0 fully saturated rings.